The van der Waals surface area contributed by atoms with Crippen LogP contribution in [0.3, 0.4) is 0 Å². The summed E-state index contributed by atoms with van der Waals surface area (Å²) in [5.41, 5.74) is 3.45. The molecule has 7 nitrogen and oxygen atoms in total. The van der Waals surface area contributed by atoms with Gasteiger partial charge in [0.1, 0.15) is 17.4 Å². The average Bonchev–Trinajstić information content (AvgIpc) is 3.32. The van der Waals surface area contributed by atoms with Crippen LogP contribution in [-0.2, 0) is 0 Å². The molecule has 1 amide bonds. The largest absolute Gasteiger partial charge is 0.492 e. The molecule has 0 aliphatic carbocycles. The fourth-order valence-electron chi connectivity index (χ4n) is 4.23. The van der Waals surface area contributed by atoms with Crippen LogP contribution in [0, 0.1) is 31.1 Å². The second-order valence-electron chi connectivity index (χ2n) is 9.05. The van der Waals surface area contributed by atoms with Gasteiger partial charge in [0.15, 0.2) is 0 Å². The van der Waals surface area contributed by atoms with Crippen molar-refractivity contribution in [2.45, 2.75) is 33.6 Å². The van der Waals surface area contributed by atoms with Gasteiger partial charge in [0.2, 0.25) is 5.13 Å². The molecule has 0 bridgehead atoms. The molecule has 0 atom stereocenters. The lowest BCUT2D eigenvalue weighted by molar-refractivity contribution is 0.0986. The maximum Gasteiger partial charge on any atom is 0.261 e. The third-order valence-corrected chi connectivity index (χ3v) is 7.56. The summed E-state index contributed by atoms with van der Waals surface area (Å²) in [6.45, 7) is 9.73. The molecule has 3 aromatic rings. The van der Waals surface area contributed by atoms with Gasteiger partial charge in [0, 0.05) is 31.7 Å². The number of aryl methyl sites for hydroxylation is 2. The number of amides is 1. The number of unbranched alkanes of at least 4 members (excludes halogenated alkanes) is 1. The van der Waals surface area contributed by atoms with E-state index in [0.717, 1.165) is 59.9 Å². The Hall–Kier alpha value is -2.99. The molecule has 0 unspecified atom stereocenters. The Morgan fingerprint density at radius 2 is 1.97 bits per heavy atom. The van der Waals surface area contributed by atoms with Crippen LogP contribution in [0.2, 0.25) is 5.02 Å². The summed E-state index contributed by atoms with van der Waals surface area (Å²) in [6, 6.07) is 13.5. The number of ether oxygens (including phenoxy) is 1. The second kappa shape index (κ2) is 11.8. The van der Waals surface area contributed by atoms with Crippen molar-refractivity contribution >= 4 is 34.0 Å². The van der Waals surface area contributed by atoms with Crippen LogP contribution >= 0.6 is 22.9 Å². The monoisotopic (exact) mass is 523 g/mol. The molecule has 0 spiro atoms. The summed E-state index contributed by atoms with van der Waals surface area (Å²) in [4.78, 5) is 17.2. The van der Waals surface area contributed by atoms with Gasteiger partial charge < -0.3 is 4.74 Å². The van der Waals surface area contributed by atoms with Crippen molar-refractivity contribution < 1.29 is 9.53 Å². The van der Waals surface area contributed by atoms with Crippen molar-refractivity contribution in [2.75, 3.05) is 37.7 Å². The standard InChI is InChI=1S/C27H30ClN5O2S/c1-4-5-10-33(26(34)22-8-6-7-9-23(22)28)27-31-30-25(36-27)21-13-18(2)24(19(3)14-21)35-12-11-32-16-20(15-29)17-32/h6-9,13-14,20H,4-5,10-12,16-17H2,1-3H3. The number of nitriles is 1. The van der Waals surface area contributed by atoms with Gasteiger partial charge in [0.25, 0.3) is 5.91 Å². The lowest BCUT2D eigenvalue weighted by Crippen LogP contribution is -2.47. The molecule has 188 valence electrons. The van der Waals surface area contributed by atoms with Gasteiger partial charge in [-0.25, -0.2) is 0 Å². The summed E-state index contributed by atoms with van der Waals surface area (Å²) < 4.78 is 6.09. The minimum absolute atomic E-state index is 0.155. The zero-order chi connectivity index (χ0) is 25.7. The Balaban J connectivity index is 1.49. The third-order valence-electron chi connectivity index (χ3n) is 6.23. The molecule has 4 rings (SSSR count). The molecule has 1 aliphatic rings. The molecule has 0 radical (unpaired) electrons. The zero-order valence-electron chi connectivity index (χ0n) is 20.8. The van der Waals surface area contributed by atoms with E-state index in [9.17, 15) is 4.79 Å². The maximum atomic E-state index is 13.3. The van der Waals surface area contributed by atoms with E-state index in [4.69, 9.17) is 21.6 Å². The molecule has 1 saturated heterocycles. The van der Waals surface area contributed by atoms with Gasteiger partial charge in [0.05, 0.1) is 22.6 Å². The van der Waals surface area contributed by atoms with Crippen molar-refractivity contribution in [3.05, 3.63) is 58.1 Å². The third kappa shape index (κ3) is 5.86. The minimum Gasteiger partial charge on any atom is -0.492 e. The van der Waals surface area contributed by atoms with Crippen molar-refractivity contribution in [2.24, 2.45) is 5.92 Å². The number of carbonyl (C=O) groups excluding carboxylic acids is 1. The quantitative estimate of drug-likeness (QED) is 0.336. The normalized spacial score (nSPS) is 13.8. The second-order valence-corrected chi connectivity index (χ2v) is 10.4. The van der Waals surface area contributed by atoms with Crippen LogP contribution in [0.25, 0.3) is 10.6 Å². The molecular weight excluding hydrogens is 494 g/mol. The molecule has 1 aliphatic heterocycles. The summed E-state index contributed by atoms with van der Waals surface area (Å²) in [5.74, 6) is 0.859. The highest BCUT2D eigenvalue weighted by molar-refractivity contribution is 7.18. The van der Waals surface area contributed by atoms with Gasteiger partial charge in [-0.2, -0.15) is 5.26 Å². The highest BCUT2D eigenvalue weighted by atomic mass is 35.5. The Bertz CT molecular complexity index is 1240. The molecule has 36 heavy (non-hydrogen) atoms. The van der Waals surface area contributed by atoms with Crippen LogP contribution in [0.5, 0.6) is 5.75 Å². The molecule has 2 aromatic carbocycles. The van der Waals surface area contributed by atoms with E-state index < -0.39 is 0 Å². The van der Waals surface area contributed by atoms with Crippen molar-refractivity contribution in [3.63, 3.8) is 0 Å². The maximum absolute atomic E-state index is 13.3. The molecule has 9 heteroatoms. The first-order valence-electron chi connectivity index (χ1n) is 12.2. The van der Waals surface area contributed by atoms with E-state index in [-0.39, 0.29) is 11.8 Å². The number of likely N-dealkylation sites (tertiary alicyclic amines) is 1. The number of hydrogen-bond donors (Lipinski definition) is 0. The van der Waals surface area contributed by atoms with Crippen LogP contribution in [0.1, 0.15) is 41.3 Å². The first-order chi connectivity index (χ1) is 17.4. The predicted octanol–water partition coefficient (Wildman–Crippen LogP) is 5.76. The van der Waals surface area contributed by atoms with Crippen LogP contribution < -0.4 is 9.64 Å². The number of aromatic nitrogens is 2. The lowest BCUT2D eigenvalue weighted by atomic mass is 10.0. The molecule has 0 N–H and O–H groups in total. The zero-order valence-corrected chi connectivity index (χ0v) is 22.4. The number of rotatable bonds is 10. The smallest absolute Gasteiger partial charge is 0.261 e. The first kappa shape index (κ1) is 26.1. The van der Waals surface area contributed by atoms with Crippen LogP contribution in [0.4, 0.5) is 5.13 Å². The van der Waals surface area contributed by atoms with Gasteiger partial charge in [-0.1, -0.05) is 48.4 Å². The Morgan fingerprint density at radius 3 is 2.64 bits per heavy atom. The summed E-state index contributed by atoms with van der Waals surface area (Å²) in [7, 11) is 0. The predicted molar refractivity (Wildman–Crippen MR) is 144 cm³/mol. The number of halogens is 1. The summed E-state index contributed by atoms with van der Waals surface area (Å²) in [5, 5.41) is 19.4. The Morgan fingerprint density at radius 1 is 1.25 bits per heavy atom. The van der Waals surface area contributed by atoms with Gasteiger partial charge in [-0.05, 0) is 55.7 Å². The van der Waals surface area contributed by atoms with Gasteiger partial charge >= 0.3 is 0 Å². The Labute approximate surface area is 221 Å². The van der Waals surface area contributed by atoms with E-state index in [1.807, 2.05) is 38.1 Å². The number of nitrogens with zero attached hydrogens (tertiary/aromatic N) is 5. The van der Waals surface area contributed by atoms with Gasteiger partial charge in [-0.15, -0.1) is 10.2 Å². The van der Waals surface area contributed by atoms with Crippen LogP contribution in [-0.4, -0.2) is 53.8 Å². The van der Waals surface area contributed by atoms with E-state index in [1.54, 1.807) is 17.0 Å². The fourth-order valence-corrected chi connectivity index (χ4v) is 5.31. The highest BCUT2D eigenvalue weighted by Crippen LogP contribution is 2.35. The highest BCUT2D eigenvalue weighted by Gasteiger charge is 2.26. The lowest BCUT2D eigenvalue weighted by Gasteiger charge is -2.35. The number of anilines is 1. The number of carbonyl (C=O) groups is 1. The van der Waals surface area contributed by atoms with E-state index in [2.05, 4.69) is 28.1 Å². The van der Waals surface area contributed by atoms with Gasteiger partial charge in [-0.3, -0.25) is 14.6 Å². The molecule has 2 heterocycles. The molecule has 1 fully saturated rings. The molecule has 1 aromatic heterocycles. The first-order valence-corrected chi connectivity index (χ1v) is 13.4. The average molecular weight is 524 g/mol. The number of hydrogen-bond acceptors (Lipinski definition) is 7. The van der Waals surface area contributed by atoms with Crippen molar-refractivity contribution in [1.29, 1.82) is 5.26 Å². The fraction of sp³-hybridized carbons (Fsp3) is 0.407. The van der Waals surface area contributed by atoms with Crippen molar-refractivity contribution in [1.82, 2.24) is 15.1 Å². The molecular formula is C27H30ClN5O2S. The van der Waals surface area contributed by atoms with Crippen LogP contribution in [0.15, 0.2) is 36.4 Å². The SMILES string of the molecule is CCCCN(C(=O)c1ccccc1Cl)c1nnc(-c2cc(C)c(OCCN3CC(C#N)C3)c(C)c2)s1. The topological polar surface area (TPSA) is 82.4 Å². The van der Waals surface area contributed by atoms with E-state index in [1.165, 1.54) is 11.3 Å². The summed E-state index contributed by atoms with van der Waals surface area (Å²) in [6.07, 6.45) is 1.80. The van der Waals surface area contributed by atoms with E-state index >= 15 is 0 Å². The van der Waals surface area contributed by atoms with Crippen molar-refractivity contribution in [3.8, 4) is 22.4 Å². The van der Waals surface area contributed by atoms with E-state index in [0.29, 0.717) is 28.9 Å². The summed E-state index contributed by atoms with van der Waals surface area (Å²) >= 11 is 7.70. The number of benzene rings is 2. The Kier molecular flexibility index (Phi) is 8.57. The minimum atomic E-state index is -0.170. The molecule has 0 saturated carbocycles.